The molecular formula is C8H2F5NO. The Hall–Kier alpha value is -1.75. The number of nitrogens with zero attached hydrogens (tertiary/aromatic N) is 1. The fraction of sp³-hybridized carbons (Fsp3) is 0.125. The molecule has 0 heterocycles. The first kappa shape index (κ1) is 11.3. The highest BCUT2D eigenvalue weighted by Gasteiger charge is 2.35. The van der Waals surface area contributed by atoms with Crippen molar-refractivity contribution in [2.45, 2.75) is 6.18 Å². The molecule has 0 unspecified atom stereocenters. The number of hydrogen-bond acceptors (Lipinski definition) is 2. The fourth-order valence-electron chi connectivity index (χ4n) is 0.888. The zero-order valence-electron chi connectivity index (χ0n) is 6.90. The van der Waals surface area contributed by atoms with Gasteiger partial charge in [-0.25, -0.2) is 13.6 Å². The monoisotopic (exact) mass is 223 g/mol. The van der Waals surface area contributed by atoms with Crippen LogP contribution in [0.5, 0.6) is 0 Å². The van der Waals surface area contributed by atoms with Crippen LogP contribution in [0.2, 0.25) is 0 Å². The maximum absolute atomic E-state index is 12.8. The van der Waals surface area contributed by atoms with Crippen molar-refractivity contribution in [2.24, 2.45) is 4.99 Å². The van der Waals surface area contributed by atoms with Gasteiger partial charge in [-0.2, -0.15) is 18.2 Å². The molecule has 0 aliphatic heterocycles. The number of rotatable bonds is 1. The lowest BCUT2D eigenvalue weighted by molar-refractivity contribution is -0.140. The molecule has 2 nitrogen and oxygen atoms in total. The molecule has 0 saturated heterocycles. The van der Waals surface area contributed by atoms with Crippen molar-refractivity contribution in [3.8, 4) is 0 Å². The summed E-state index contributed by atoms with van der Waals surface area (Å²) in [6.07, 6.45) is -4.09. The van der Waals surface area contributed by atoms with Gasteiger partial charge in [0.15, 0.2) is 5.82 Å². The largest absolute Gasteiger partial charge is 0.419 e. The highest BCUT2D eigenvalue weighted by atomic mass is 19.4. The smallest absolute Gasteiger partial charge is 0.211 e. The van der Waals surface area contributed by atoms with E-state index in [0.717, 1.165) is 6.08 Å². The molecule has 0 spiro atoms. The minimum absolute atomic E-state index is 0.0640. The van der Waals surface area contributed by atoms with Crippen LogP contribution >= 0.6 is 0 Å². The molecule has 0 bridgehead atoms. The first-order chi connectivity index (χ1) is 6.86. The summed E-state index contributed by atoms with van der Waals surface area (Å²) in [7, 11) is 0. The van der Waals surface area contributed by atoms with Gasteiger partial charge in [0.05, 0.1) is 5.56 Å². The van der Waals surface area contributed by atoms with Gasteiger partial charge in [-0.15, -0.1) is 0 Å². The second-order valence-electron chi connectivity index (χ2n) is 2.48. The standard InChI is InChI=1S/C8H2F5NO/c9-5-2-7(14-3-15)6(10)1-4(5)8(11,12)13/h1-2H. The molecule has 0 N–H and O–H groups in total. The lowest BCUT2D eigenvalue weighted by Gasteiger charge is -2.08. The van der Waals surface area contributed by atoms with Gasteiger partial charge >= 0.3 is 6.18 Å². The maximum Gasteiger partial charge on any atom is 0.419 e. The molecule has 0 aromatic heterocycles. The maximum atomic E-state index is 12.8. The number of halogens is 5. The Morgan fingerprint density at radius 2 is 1.73 bits per heavy atom. The van der Waals surface area contributed by atoms with E-state index in [0.29, 0.717) is 0 Å². The summed E-state index contributed by atoms with van der Waals surface area (Å²) in [5.74, 6) is -3.13. The van der Waals surface area contributed by atoms with Gasteiger partial charge in [0, 0.05) is 6.07 Å². The quantitative estimate of drug-likeness (QED) is 0.409. The summed E-state index contributed by atoms with van der Waals surface area (Å²) in [6, 6.07) is 0.120. The highest BCUT2D eigenvalue weighted by Crippen LogP contribution is 2.34. The Morgan fingerprint density at radius 1 is 1.13 bits per heavy atom. The number of carbonyl (C=O) groups excluding carboxylic acids is 1. The second kappa shape index (κ2) is 3.78. The van der Waals surface area contributed by atoms with Crippen molar-refractivity contribution in [1.82, 2.24) is 0 Å². The first-order valence-electron chi connectivity index (χ1n) is 3.50. The molecule has 15 heavy (non-hydrogen) atoms. The van der Waals surface area contributed by atoms with Crippen LogP contribution in [0.3, 0.4) is 0 Å². The van der Waals surface area contributed by atoms with E-state index in [-0.39, 0.29) is 12.1 Å². The third-order valence-corrected chi connectivity index (χ3v) is 1.51. The van der Waals surface area contributed by atoms with Crippen LogP contribution in [0, 0.1) is 11.6 Å². The molecule has 80 valence electrons. The minimum Gasteiger partial charge on any atom is -0.211 e. The van der Waals surface area contributed by atoms with Gasteiger partial charge in [0.1, 0.15) is 11.5 Å². The molecule has 0 amide bonds. The molecule has 0 atom stereocenters. The number of aliphatic imine (C=N–C) groups is 1. The zero-order valence-corrected chi connectivity index (χ0v) is 6.90. The van der Waals surface area contributed by atoms with E-state index in [9.17, 15) is 26.7 Å². The Morgan fingerprint density at radius 3 is 2.20 bits per heavy atom. The summed E-state index contributed by atoms with van der Waals surface area (Å²) in [5.41, 5.74) is -2.57. The SMILES string of the molecule is O=C=Nc1cc(F)c(C(F)(F)F)cc1F. The summed E-state index contributed by atoms with van der Waals surface area (Å²) in [4.78, 5) is 12.4. The van der Waals surface area contributed by atoms with Gasteiger partial charge in [-0.1, -0.05) is 0 Å². The summed E-state index contributed by atoms with van der Waals surface area (Å²) in [5, 5.41) is 0. The minimum atomic E-state index is -4.99. The van der Waals surface area contributed by atoms with Gasteiger partial charge in [-0.3, -0.25) is 0 Å². The molecule has 0 aliphatic rings. The second-order valence-corrected chi connectivity index (χ2v) is 2.48. The van der Waals surface area contributed by atoms with E-state index in [1.807, 2.05) is 0 Å². The molecule has 0 radical (unpaired) electrons. The predicted octanol–water partition coefficient (Wildman–Crippen LogP) is 2.95. The van der Waals surface area contributed by atoms with Crippen molar-refractivity contribution >= 4 is 11.8 Å². The van der Waals surface area contributed by atoms with Crippen LogP contribution in [-0.4, -0.2) is 6.08 Å². The van der Waals surface area contributed by atoms with Crippen LogP contribution in [0.4, 0.5) is 27.6 Å². The number of isocyanates is 1. The Bertz CT molecular complexity index is 433. The summed E-state index contributed by atoms with van der Waals surface area (Å²) < 4.78 is 61.7. The number of alkyl halides is 3. The molecule has 1 aromatic carbocycles. The Balaban J connectivity index is 3.38. The van der Waals surface area contributed by atoms with Crippen molar-refractivity contribution in [2.75, 3.05) is 0 Å². The predicted molar refractivity (Wildman–Crippen MR) is 39.1 cm³/mol. The molecule has 1 aromatic rings. The van der Waals surface area contributed by atoms with Crippen LogP contribution in [-0.2, 0) is 11.0 Å². The van der Waals surface area contributed by atoms with Crippen molar-refractivity contribution in [3.05, 3.63) is 29.3 Å². The van der Waals surface area contributed by atoms with Crippen molar-refractivity contribution < 1.29 is 26.7 Å². The number of benzene rings is 1. The lowest BCUT2D eigenvalue weighted by atomic mass is 10.2. The van der Waals surface area contributed by atoms with E-state index >= 15 is 0 Å². The van der Waals surface area contributed by atoms with Gasteiger partial charge in [0.25, 0.3) is 0 Å². The average molecular weight is 223 g/mol. The molecule has 1 rings (SSSR count). The average Bonchev–Trinajstić information content (AvgIpc) is 2.09. The van der Waals surface area contributed by atoms with E-state index in [4.69, 9.17) is 0 Å². The van der Waals surface area contributed by atoms with E-state index in [1.54, 1.807) is 0 Å². The van der Waals surface area contributed by atoms with Gasteiger partial charge in [0.2, 0.25) is 6.08 Å². The van der Waals surface area contributed by atoms with Crippen molar-refractivity contribution in [3.63, 3.8) is 0 Å². The number of hydrogen-bond donors (Lipinski definition) is 0. The third kappa shape index (κ3) is 2.38. The van der Waals surface area contributed by atoms with Crippen LogP contribution < -0.4 is 0 Å². The third-order valence-electron chi connectivity index (χ3n) is 1.51. The lowest BCUT2D eigenvalue weighted by Crippen LogP contribution is -2.08. The Kier molecular flexibility index (Phi) is 2.85. The summed E-state index contributed by atoms with van der Waals surface area (Å²) >= 11 is 0. The first-order valence-corrected chi connectivity index (χ1v) is 3.50. The molecular weight excluding hydrogens is 221 g/mol. The van der Waals surface area contributed by atoms with Crippen LogP contribution in [0.1, 0.15) is 5.56 Å². The molecule has 0 fully saturated rings. The molecule has 0 saturated carbocycles. The zero-order chi connectivity index (χ0) is 11.6. The fourth-order valence-corrected chi connectivity index (χ4v) is 0.888. The molecule has 7 heteroatoms. The Labute approximate surface area is 80.0 Å². The topological polar surface area (TPSA) is 29.4 Å². The van der Waals surface area contributed by atoms with Gasteiger partial charge in [-0.05, 0) is 6.07 Å². The van der Waals surface area contributed by atoms with Gasteiger partial charge < -0.3 is 0 Å². The summed E-state index contributed by atoms with van der Waals surface area (Å²) in [6.45, 7) is 0. The van der Waals surface area contributed by atoms with E-state index in [2.05, 4.69) is 4.99 Å². The molecule has 0 aliphatic carbocycles. The van der Waals surface area contributed by atoms with E-state index < -0.39 is 29.1 Å². The highest BCUT2D eigenvalue weighted by molar-refractivity contribution is 5.50. The van der Waals surface area contributed by atoms with Crippen molar-refractivity contribution in [1.29, 1.82) is 0 Å². The van der Waals surface area contributed by atoms with Crippen LogP contribution in [0.25, 0.3) is 0 Å². The van der Waals surface area contributed by atoms with Crippen LogP contribution in [0.15, 0.2) is 17.1 Å². The van der Waals surface area contributed by atoms with E-state index in [1.165, 1.54) is 0 Å². The normalized spacial score (nSPS) is 11.0.